The minimum absolute atomic E-state index is 0.188. The molecule has 0 radical (unpaired) electrons. The monoisotopic (exact) mass is 511 g/mol. The van der Waals surface area contributed by atoms with Crippen LogP contribution in [0.3, 0.4) is 0 Å². The number of hydrogen-bond donors (Lipinski definition) is 4. The van der Waals surface area contributed by atoms with Gasteiger partial charge in [0.15, 0.2) is 6.04 Å². The number of likely N-dealkylation sites (N-methyl/N-ethyl adjacent to an activating group) is 1. The maximum absolute atomic E-state index is 13.5. The highest BCUT2D eigenvalue weighted by Gasteiger charge is 2.39. The Kier molecular flexibility index (Phi) is 9.56. The summed E-state index contributed by atoms with van der Waals surface area (Å²) in [5.41, 5.74) is 6.86. The van der Waals surface area contributed by atoms with Crippen molar-refractivity contribution in [1.82, 2.24) is 20.5 Å². The zero-order valence-electron chi connectivity index (χ0n) is 21.3. The number of benzene rings is 1. The molecule has 11 heteroatoms. The second kappa shape index (κ2) is 12.8. The molecular formula is C26H35N6O5+. The summed E-state index contributed by atoms with van der Waals surface area (Å²) in [6, 6.07) is 7.75. The number of carbonyl (C=O) groups is 4. The van der Waals surface area contributed by atoms with E-state index in [4.69, 9.17) is 10.5 Å². The number of primary amides is 1. The van der Waals surface area contributed by atoms with Crippen LogP contribution in [0, 0.1) is 0 Å². The average Bonchev–Trinajstić information content (AvgIpc) is 2.92. The Labute approximate surface area is 216 Å². The zero-order valence-corrected chi connectivity index (χ0v) is 21.3. The number of methoxy groups -OCH3 is 1. The maximum atomic E-state index is 13.5. The molecule has 1 aromatic heterocycles. The van der Waals surface area contributed by atoms with Crippen LogP contribution in [-0.4, -0.2) is 78.4 Å². The molecule has 3 rings (SSSR count). The number of nitrogens with zero attached hydrogens (tertiary/aromatic N) is 2. The summed E-state index contributed by atoms with van der Waals surface area (Å²) in [5, 5.41) is 7.46. The number of quaternary nitrogens is 1. The van der Waals surface area contributed by atoms with E-state index in [0.29, 0.717) is 17.7 Å². The molecule has 4 atom stereocenters. The summed E-state index contributed by atoms with van der Waals surface area (Å²) >= 11 is 0. The van der Waals surface area contributed by atoms with Gasteiger partial charge in [0, 0.05) is 37.0 Å². The van der Waals surface area contributed by atoms with Crippen LogP contribution < -0.4 is 26.4 Å². The standard InChI is InChI=1S/C26H34N6O5/c1-16(28-2)26(36)32-13-10-19(30-24(34)18-8-11-29-12-9-18)15-22(32)25(35)31-21(23(27)33)14-17-4-6-20(37-3)7-5-17/h4-9,11-12,16,19,21-22,28H,10,13-15H2,1-3H3,(H2,27,33)(H,30,34)(H,31,35)/p+1/t16-,19-,21-,22-/m0/s1. The van der Waals surface area contributed by atoms with Gasteiger partial charge in [0.2, 0.25) is 11.8 Å². The molecule has 1 aromatic carbocycles. The molecule has 11 nitrogen and oxygen atoms in total. The van der Waals surface area contributed by atoms with E-state index in [1.54, 1.807) is 62.8 Å². The molecule has 1 saturated heterocycles. The van der Waals surface area contributed by atoms with Crippen molar-refractivity contribution in [2.75, 3.05) is 20.7 Å². The van der Waals surface area contributed by atoms with Crippen molar-refractivity contribution in [2.45, 2.75) is 50.4 Å². The van der Waals surface area contributed by atoms with Gasteiger partial charge >= 0.3 is 0 Å². The number of nitrogens with one attached hydrogen (secondary N) is 2. The van der Waals surface area contributed by atoms with Gasteiger partial charge in [0.05, 0.1) is 14.2 Å². The van der Waals surface area contributed by atoms with Crippen molar-refractivity contribution >= 4 is 23.6 Å². The molecule has 0 saturated carbocycles. The normalized spacial score (nSPS) is 18.8. The molecule has 1 fully saturated rings. The van der Waals surface area contributed by atoms with Gasteiger partial charge in [-0.05, 0) is 49.6 Å². The number of aromatic nitrogens is 1. The van der Waals surface area contributed by atoms with Gasteiger partial charge in [-0.2, -0.15) is 0 Å². The summed E-state index contributed by atoms with van der Waals surface area (Å²) in [4.78, 5) is 56.9. The first-order valence-electron chi connectivity index (χ1n) is 12.3. The Balaban J connectivity index is 1.76. The predicted molar refractivity (Wildman–Crippen MR) is 135 cm³/mol. The van der Waals surface area contributed by atoms with Crippen LogP contribution in [0.4, 0.5) is 0 Å². The Hall–Kier alpha value is -3.99. The van der Waals surface area contributed by atoms with E-state index in [1.165, 1.54) is 17.3 Å². The molecule has 1 aliphatic heterocycles. The number of rotatable bonds is 10. The summed E-state index contributed by atoms with van der Waals surface area (Å²) in [6.45, 7) is 2.06. The van der Waals surface area contributed by atoms with Gasteiger partial charge in [0.25, 0.3) is 11.8 Å². The number of likely N-dealkylation sites (tertiary alicyclic amines) is 1. The first kappa shape index (κ1) is 27.6. The van der Waals surface area contributed by atoms with Crippen molar-refractivity contribution in [3.8, 4) is 5.75 Å². The SMILES string of the molecule is C[NH2+][C@@H](C)C(=O)N1CC[C@H](NC(=O)c2ccncc2)C[C@H]1C(=O)N[C@@H](Cc1ccc(OC)cc1)C(N)=O. The molecule has 2 heterocycles. The molecule has 198 valence electrons. The summed E-state index contributed by atoms with van der Waals surface area (Å²) in [7, 11) is 3.35. The van der Waals surface area contributed by atoms with Crippen LogP contribution in [0.15, 0.2) is 48.8 Å². The second-order valence-corrected chi connectivity index (χ2v) is 9.12. The largest absolute Gasteiger partial charge is 0.497 e. The van der Waals surface area contributed by atoms with Gasteiger partial charge in [-0.1, -0.05) is 12.1 Å². The smallest absolute Gasteiger partial charge is 0.281 e. The van der Waals surface area contributed by atoms with E-state index in [9.17, 15) is 19.2 Å². The molecule has 0 bridgehead atoms. The predicted octanol–water partition coefficient (Wildman–Crippen LogP) is -1.03. The van der Waals surface area contributed by atoms with Crippen molar-refractivity contribution in [3.63, 3.8) is 0 Å². The summed E-state index contributed by atoms with van der Waals surface area (Å²) in [6.07, 6.45) is 3.95. The maximum Gasteiger partial charge on any atom is 0.281 e. The molecule has 6 N–H and O–H groups in total. The Bertz CT molecular complexity index is 1090. The molecule has 37 heavy (non-hydrogen) atoms. The lowest BCUT2D eigenvalue weighted by Gasteiger charge is -2.39. The van der Waals surface area contributed by atoms with Crippen LogP contribution in [0.5, 0.6) is 5.75 Å². The third-order valence-electron chi connectivity index (χ3n) is 6.61. The summed E-state index contributed by atoms with van der Waals surface area (Å²) < 4.78 is 5.16. The van der Waals surface area contributed by atoms with E-state index in [1.807, 2.05) is 0 Å². The van der Waals surface area contributed by atoms with E-state index in [2.05, 4.69) is 15.6 Å². The third kappa shape index (κ3) is 7.26. The first-order valence-corrected chi connectivity index (χ1v) is 12.3. The number of pyridine rings is 1. The topological polar surface area (TPSA) is 160 Å². The van der Waals surface area contributed by atoms with E-state index in [-0.39, 0.29) is 43.3 Å². The summed E-state index contributed by atoms with van der Waals surface area (Å²) in [5.74, 6) is -0.975. The lowest BCUT2D eigenvalue weighted by atomic mass is 9.94. The highest BCUT2D eigenvalue weighted by molar-refractivity contribution is 5.95. The highest BCUT2D eigenvalue weighted by atomic mass is 16.5. The van der Waals surface area contributed by atoms with Crippen molar-refractivity contribution in [1.29, 1.82) is 0 Å². The van der Waals surface area contributed by atoms with Gasteiger partial charge in [-0.3, -0.25) is 24.2 Å². The molecule has 0 unspecified atom stereocenters. The van der Waals surface area contributed by atoms with Crippen molar-refractivity contribution < 1.29 is 29.2 Å². The number of nitrogens with two attached hydrogens (primary N) is 2. The number of carbonyl (C=O) groups excluding carboxylic acids is 4. The van der Waals surface area contributed by atoms with Crippen LogP contribution in [-0.2, 0) is 20.8 Å². The Morgan fingerprint density at radius 2 is 1.84 bits per heavy atom. The number of hydrogen-bond acceptors (Lipinski definition) is 6. The van der Waals surface area contributed by atoms with Crippen LogP contribution in [0.25, 0.3) is 0 Å². The quantitative estimate of drug-likeness (QED) is 0.319. The zero-order chi connectivity index (χ0) is 26.9. The minimum atomic E-state index is -0.972. The minimum Gasteiger partial charge on any atom is -0.497 e. The number of ether oxygens (including phenoxy) is 1. The molecular weight excluding hydrogens is 476 g/mol. The fourth-order valence-corrected chi connectivity index (χ4v) is 4.27. The fraction of sp³-hybridized carbons (Fsp3) is 0.423. The second-order valence-electron chi connectivity index (χ2n) is 9.12. The lowest BCUT2D eigenvalue weighted by molar-refractivity contribution is -0.647. The van der Waals surface area contributed by atoms with Gasteiger partial charge < -0.3 is 31.3 Å². The molecule has 0 spiro atoms. The average molecular weight is 512 g/mol. The van der Waals surface area contributed by atoms with Crippen molar-refractivity contribution in [3.05, 3.63) is 59.9 Å². The Morgan fingerprint density at radius 1 is 1.16 bits per heavy atom. The van der Waals surface area contributed by atoms with Crippen LogP contribution >= 0.6 is 0 Å². The van der Waals surface area contributed by atoms with Crippen molar-refractivity contribution in [2.24, 2.45) is 5.73 Å². The third-order valence-corrected chi connectivity index (χ3v) is 6.61. The fourth-order valence-electron chi connectivity index (χ4n) is 4.27. The van der Waals surface area contributed by atoms with Gasteiger partial charge in [-0.15, -0.1) is 0 Å². The van der Waals surface area contributed by atoms with E-state index < -0.39 is 23.9 Å². The van der Waals surface area contributed by atoms with Gasteiger partial charge in [-0.25, -0.2) is 0 Å². The molecule has 1 aliphatic rings. The number of amides is 4. The lowest BCUT2D eigenvalue weighted by Crippen LogP contribution is -2.88. The van der Waals surface area contributed by atoms with Crippen LogP contribution in [0.2, 0.25) is 0 Å². The number of piperidine rings is 1. The van der Waals surface area contributed by atoms with Crippen LogP contribution in [0.1, 0.15) is 35.7 Å². The van der Waals surface area contributed by atoms with E-state index >= 15 is 0 Å². The molecule has 4 amide bonds. The Morgan fingerprint density at radius 3 is 2.43 bits per heavy atom. The first-order chi connectivity index (χ1) is 17.7. The molecule has 2 aromatic rings. The van der Waals surface area contributed by atoms with E-state index in [0.717, 1.165) is 5.56 Å². The van der Waals surface area contributed by atoms with Gasteiger partial charge in [0.1, 0.15) is 17.8 Å². The highest BCUT2D eigenvalue weighted by Crippen LogP contribution is 2.20. The molecule has 0 aliphatic carbocycles.